The Bertz CT molecular complexity index is 442. The number of hydrogen-bond acceptors (Lipinski definition) is 2. The van der Waals surface area contributed by atoms with Gasteiger partial charge >= 0.3 is 0 Å². The summed E-state index contributed by atoms with van der Waals surface area (Å²) in [6, 6.07) is 8.59. The van der Waals surface area contributed by atoms with E-state index in [-0.39, 0.29) is 0 Å². The third kappa shape index (κ3) is 2.27. The quantitative estimate of drug-likeness (QED) is 0.789. The number of ether oxygens (including phenoxy) is 1. The van der Waals surface area contributed by atoms with Gasteiger partial charge in [0.2, 0.25) is 0 Å². The third-order valence-electron chi connectivity index (χ3n) is 4.95. The SMILES string of the molecule is CCCNCC1(c2ccccc2OC)CC2(CC2)C1. The maximum atomic E-state index is 5.59. The molecule has 2 saturated carbocycles. The summed E-state index contributed by atoms with van der Waals surface area (Å²) in [6.07, 6.45) is 6.77. The Balaban J connectivity index is 1.82. The van der Waals surface area contributed by atoms with Gasteiger partial charge in [0.25, 0.3) is 0 Å². The molecule has 0 amide bonds. The first-order chi connectivity index (χ1) is 9.24. The molecule has 2 aliphatic rings. The lowest BCUT2D eigenvalue weighted by molar-refractivity contribution is 0.113. The van der Waals surface area contributed by atoms with Gasteiger partial charge in [-0.2, -0.15) is 0 Å². The average Bonchev–Trinajstić information content (AvgIpc) is 3.18. The number of rotatable bonds is 6. The molecule has 0 aromatic heterocycles. The van der Waals surface area contributed by atoms with Gasteiger partial charge in [-0.15, -0.1) is 0 Å². The second-order valence-corrected chi connectivity index (χ2v) is 6.51. The fourth-order valence-corrected chi connectivity index (χ4v) is 3.91. The van der Waals surface area contributed by atoms with Crippen LogP contribution in [-0.4, -0.2) is 20.2 Å². The van der Waals surface area contributed by atoms with E-state index in [4.69, 9.17) is 4.74 Å². The third-order valence-corrected chi connectivity index (χ3v) is 4.95. The molecule has 0 atom stereocenters. The molecule has 19 heavy (non-hydrogen) atoms. The van der Waals surface area contributed by atoms with Crippen molar-refractivity contribution in [1.29, 1.82) is 0 Å². The fourth-order valence-electron chi connectivity index (χ4n) is 3.91. The summed E-state index contributed by atoms with van der Waals surface area (Å²) in [5, 5.41) is 3.64. The van der Waals surface area contributed by atoms with Gasteiger partial charge in [0.15, 0.2) is 0 Å². The topological polar surface area (TPSA) is 21.3 Å². The Labute approximate surface area is 116 Å². The van der Waals surface area contributed by atoms with Crippen molar-refractivity contribution in [3.05, 3.63) is 29.8 Å². The first-order valence-corrected chi connectivity index (χ1v) is 7.58. The van der Waals surface area contributed by atoms with Gasteiger partial charge in [-0.25, -0.2) is 0 Å². The molecule has 1 N–H and O–H groups in total. The Morgan fingerprint density at radius 1 is 1.21 bits per heavy atom. The van der Waals surface area contributed by atoms with Crippen LogP contribution in [-0.2, 0) is 5.41 Å². The Kier molecular flexibility index (Phi) is 3.30. The van der Waals surface area contributed by atoms with Crippen LogP contribution in [0.5, 0.6) is 5.75 Å². The molecule has 3 rings (SSSR count). The van der Waals surface area contributed by atoms with Crippen LogP contribution in [0.2, 0.25) is 0 Å². The van der Waals surface area contributed by atoms with Gasteiger partial charge in [-0.05, 0) is 50.1 Å². The van der Waals surface area contributed by atoms with Crippen LogP contribution in [0.4, 0.5) is 0 Å². The van der Waals surface area contributed by atoms with E-state index < -0.39 is 0 Å². The normalized spacial score (nSPS) is 22.0. The summed E-state index contributed by atoms with van der Waals surface area (Å²) in [7, 11) is 1.79. The molecule has 0 unspecified atom stereocenters. The average molecular weight is 259 g/mol. The highest BCUT2D eigenvalue weighted by Crippen LogP contribution is 2.69. The number of benzene rings is 1. The van der Waals surface area contributed by atoms with E-state index >= 15 is 0 Å². The Morgan fingerprint density at radius 3 is 2.58 bits per heavy atom. The highest BCUT2D eigenvalue weighted by molar-refractivity contribution is 5.43. The number of para-hydroxylation sites is 1. The predicted molar refractivity (Wildman–Crippen MR) is 78.7 cm³/mol. The van der Waals surface area contributed by atoms with E-state index in [1.165, 1.54) is 37.7 Å². The van der Waals surface area contributed by atoms with Crippen LogP contribution in [0.1, 0.15) is 44.6 Å². The largest absolute Gasteiger partial charge is 0.496 e. The van der Waals surface area contributed by atoms with E-state index in [0.717, 1.165) is 18.8 Å². The van der Waals surface area contributed by atoms with E-state index in [0.29, 0.717) is 10.8 Å². The van der Waals surface area contributed by atoms with Crippen molar-refractivity contribution in [1.82, 2.24) is 5.32 Å². The predicted octanol–water partition coefficient (Wildman–Crippen LogP) is 3.51. The minimum absolute atomic E-state index is 0.318. The highest BCUT2D eigenvalue weighted by atomic mass is 16.5. The van der Waals surface area contributed by atoms with Crippen molar-refractivity contribution < 1.29 is 4.74 Å². The molecule has 2 aliphatic carbocycles. The van der Waals surface area contributed by atoms with E-state index in [9.17, 15) is 0 Å². The molecule has 0 saturated heterocycles. The molecule has 1 aromatic carbocycles. The molecule has 1 aromatic rings. The van der Waals surface area contributed by atoms with Crippen LogP contribution < -0.4 is 10.1 Å². The van der Waals surface area contributed by atoms with Gasteiger partial charge in [-0.3, -0.25) is 0 Å². The lowest BCUT2D eigenvalue weighted by Gasteiger charge is -2.50. The highest BCUT2D eigenvalue weighted by Gasteiger charge is 2.61. The van der Waals surface area contributed by atoms with Crippen molar-refractivity contribution in [2.24, 2.45) is 5.41 Å². The molecule has 104 valence electrons. The molecular formula is C17H25NO. The van der Waals surface area contributed by atoms with Crippen LogP contribution in [0.15, 0.2) is 24.3 Å². The van der Waals surface area contributed by atoms with E-state index in [2.05, 4.69) is 36.5 Å². The molecule has 2 heteroatoms. The molecule has 0 aliphatic heterocycles. The second-order valence-electron chi connectivity index (χ2n) is 6.51. The monoisotopic (exact) mass is 259 g/mol. The summed E-state index contributed by atoms with van der Waals surface area (Å²) < 4.78 is 5.59. The molecule has 0 radical (unpaired) electrons. The van der Waals surface area contributed by atoms with Crippen molar-refractivity contribution in [2.75, 3.05) is 20.2 Å². The van der Waals surface area contributed by atoms with Crippen molar-refractivity contribution in [2.45, 2.75) is 44.4 Å². The van der Waals surface area contributed by atoms with Crippen LogP contribution >= 0.6 is 0 Å². The van der Waals surface area contributed by atoms with E-state index in [1.54, 1.807) is 7.11 Å². The van der Waals surface area contributed by atoms with E-state index in [1.807, 2.05) is 0 Å². The molecule has 0 heterocycles. The Morgan fingerprint density at radius 2 is 1.95 bits per heavy atom. The first-order valence-electron chi connectivity index (χ1n) is 7.58. The minimum Gasteiger partial charge on any atom is -0.496 e. The molecule has 1 spiro atoms. The zero-order chi connectivity index (χ0) is 13.3. The first kappa shape index (κ1) is 13.0. The number of nitrogens with one attached hydrogen (secondary N) is 1. The smallest absolute Gasteiger partial charge is 0.122 e. The van der Waals surface area contributed by atoms with Crippen LogP contribution in [0.3, 0.4) is 0 Å². The summed E-state index contributed by atoms with van der Waals surface area (Å²) in [5.74, 6) is 1.07. The number of methoxy groups -OCH3 is 1. The summed E-state index contributed by atoms with van der Waals surface area (Å²) in [5.41, 5.74) is 2.44. The van der Waals surface area contributed by atoms with Crippen molar-refractivity contribution in [3.8, 4) is 5.75 Å². The minimum atomic E-state index is 0.318. The lowest BCUT2D eigenvalue weighted by atomic mass is 9.56. The van der Waals surface area contributed by atoms with Crippen molar-refractivity contribution >= 4 is 0 Å². The fraction of sp³-hybridized carbons (Fsp3) is 0.647. The maximum Gasteiger partial charge on any atom is 0.122 e. The maximum absolute atomic E-state index is 5.59. The van der Waals surface area contributed by atoms with Gasteiger partial charge in [0.05, 0.1) is 7.11 Å². The van der Waals surface area contributed by atoms with Crippen LogP contribution in [0.25, 0.3) is 0 Å². The Hall–Kier alpha value is -1.02. The summed E-state index contributed by atoms with van der Waals surface area (Å²) in [4.78, 5) is 0. The zero-order valence-electron chi connectivity index (χ0n) is 12.2. The summed E-state index contributed by atoms with van der Waals surface area (Å²) in [6.45, 7) is 4.44. The van der Waals surface area contributed by atoms with Crippen LogP contribution in [0, 0.1) is 5.41 Å². The van der Waals surface area contributed by atoms with Gasteiger partial charge in [0.1, 0.15) is 5.75 Å². The standard InChI is InChI=1S/C17H25NO/c1-3-10-18-13-17(11-16(12-17)8-9-16)14-6-4-5-7-15(14)19-2/h4-7,18H,3,8-13H2,1-2H3. The van der Waals surface area contributed by atoms with Gasteiger partial charge < -0.3 is 10.1 Å². The molecule has 0 bridgehead atoms. The molecule has 2 nitrogen and oxygen atoms in total. The molecular weight excluding hydrogens is 234 g/mol. The van der Waals surface area contributed by atoms with Gasteiger partial charge in [0, 0.05) is 17.5 Å². The zero-order valence-corrected chi connectivity index (χ0v) is 12.2. The molecule has 2 fully saturated rings. The number of hydrogen-bond donors (Lipinski definition) is 1. The van der Waals surface area contributed by atoms with Gasteiger partial charge in [-0.1, -0.05) is 25.1 Å². The lowest BCUT2D eigenvalue weighted by Crippen LogP contribution is -2.50. The summed E-state index contributed by atoms with van der Waals surface area (Å²) >= 11 is 0. The second kappa shape index (κ2) is 4.82. The van der Waals surface area contributed by atoms with Crippen molar-refractivity contribution in [3.63, 3.8) is 0 Å².